The van der Waals surface area contributed by atoms with E-state index >= 15 is 0 Å². The highest BCUT2D eigenvalue weighted by Crippen LogP contribution is 2.44. The van der Waals surface area contributed by atoms with Gasteiger partial charge in [-0.1, -0.05) is 69.3 Å². The highest BCUT2D eigenvalue weighted by molar-refractivity contribution is 5.82. The summed E-state index contributed by atoms with van der Waals surface area (Å²) in [6, 6.07) is 13.2. The molecule has 1 atom stereocenters. The van der Waals surface area contributed by atoms with Gasteiger partial charge >= 0.3 is 12.1 Å². The van der Waals surface area contributed by atoms with Crippen LogP contribution in [0.1, 0.15) is 44.2 Å². The second-order valence-electron chi connectivity index (χ2n) is 7.55. The molecule has 0 spiro atoms. The molecule has 2 aromatic carbocycles. The van der Waals surface area contributed by atoms with Crippen molar-refractivity contribution in [1.29, 1.82) is 0 Å². The molecule has 0 aromatic heterocycles. The molecule has 0 heterocycles. The van der Waals surface area contributed by atoms with Crippen molar-refractivity contribution in [3.63, 3.8) is 0 Å². The first kappa shape index (κ1) is 19.1. The van der Waals surface area contributed by atoms with Crippen molar-refractivity contribution in [1.82, 2.24) is 5.32 Å². The quantitative estimate of drug-likeness (QED) is 0.742. The van der Waals surface area contributed by atoms with Crippen LogP contribution < -0.4 is 5.32 Å². The lowest BCUT2D eigenvalue weighted by Gasteiger charge is -2.30. The third-order valence-corrected chi connectivity index (χ3v) is 5.53. The van der Waals surface area contributed by atoms with E-state index in [1.807, 2.05) is 43.3 Å². The Morgan fingerprint density at radius 2 is 1.59 bits per heavy atom. The molecule has 5 heteroatoms. The zero-order valence-electron chi connectivity index (χ0n) is 15.8. The molecule has 1 aliphatic rings. The van der Waals surface area contributed by atoms with Crippen LogP contribution in [0.3, 0.4) is 0 Å². The topological polar surface area (TPSA) is 55.4 Å². The summed E-state index contributed by atoms with van der Waals surface area (Å²) in [4.78, 5) is 23.6. The van der Waals surface area contributed by atoms with Gasteiger partial charge in [-0.05, 0) is 34.1 Å². The fourth-order valence-corrected chi connectivity index (χ4v) is 3.52. The number of alkyl carbamates (subject to hydrolysis) is 1. The maximum Gasteiger partial charge on any atom is 0.407 e. The van der Waals surface area contributed by atoms with Gasteiger partial charge in [-0.15, -0.1) is 0 Å². The Morgan fingerprint density at radius 1 is 1.07 bits per heavy atom. The largest absolute Gasteiger partial charge is 0.449 e. The van der Waals surface area contributed by atoms with Gasteiger partial charge in [-0.3, -0.25) is 4.79 Å². The van der Waals surface area contributed by atoms with E-state index in [0.29, 0.717) is 6.42 Å². The molecule has 0 radical (unpaired) electrons. The van der Waals surface area contributed by atoms with Crippen LogP contribution in [0.5, 0.6) is 0 Å². The van der Waals surface area contributed by atoms with Crippen molar-refractivity contribution in [3.8, 4) is 11.1 Å². The summed E-state index contributed by atoms with van der Waals surface area (Å²) in [6.45, 7) is 5.44. The van der Waals surface area contributed by atoms with Crippen LogP contribution in [0.2, 0.25) is 0 Å². The van der Waals surface area contributed by atoms with Gasteiger partial charge in [0.05, 0.1) is 0 Å². The lowest BCUT2D eigenvalue weighted by atomic mass is 9.82. The van der Waals surface area contributed by atoms with Gasteiger partial charge in [0.1, 0.15) is 12.6 Å². The number of ether oxygens (including phenoxy) is 1. The zero-order valence-corrected chi connectivity index (χ0v) is 15.8. The SMILES string of the molecule is CCC(C)(C)C(NC(=O)OCC1c2ccccc2-c2ccccc21)C(=O)F. The first-order chi connectivity index (χ1) is 12.8. The Labute approximate surface area is 158 Å². The number of benzene rings is 2. The van der Waals surface area contributed by atoms with E-state index in [-0.39, 0.29) is 12.5 Å². The van der Waals surface area contributed by atoms with Crippen LogP contribution in [0, 0.1) is 5.41 Å². The van der Waals surface area contributed by atoms with E-state index in [4.69, 9.17) is 4.74 Å². The van der Waals surface area contributed by atoms with Crippen LogP contribution in [-0.2, 0) is 9.53 Å². The highest BCUT2D eigenvalue weighted by atomic mass is 19.1. The molecule has 0 saturated heterocycles. The van der Waals surface area contributed by atoms with Gasteiger partial charge in [-0.2, -0.15) is 4.39 Å². The van der Waals surface area contributed by atoms with Gasteiger partial charge in [0.15, 0.2) is 0 Å². The summed E-state index contributed by atoms with van der Waals surface area (Å²) in [5.74, 6) is -0.0816. The predicted molar refractivity (Wildman–Crippen MR) is 102 cm³/mol. The molecular formula is C22H24FNO3. The molecule has 1 N–H and O–H groups in total. The second kappa shape index (κ2) is 7.51. The van der Waals surface area contributed by atoms with Gasteiger partial charge in [0.25, 0.3) is 0 Å². The summed E-state index contributed by atoms with van der Waals surface area (Å²) in [7, 11) is 0. The van der Waals surface area contributed by atoms with Crippen LogP contribution in [-0.4, -0.2) is 24.8 Å². The molecule has 0 saturated carbocycles. The number of hydrogen-bond donors (Lipinski definition) is 1. The molecule has 1 aliphatic carbocycles. The Morgan fingerprint density at radius 3 is 2.07 bits per heavy atom. The molecule has 142 valence electrons. The molecule has 2 aromatic rings. The van der Waals surface area contributed by atoms with E-state index in [1.54, 1.807) is 13.8 Å². The normalized spacial score (nSPS) is 14.2. The third kappa shape index (κ3) is 3.72. The van der Waals surface area contributed by atoms with Crippen LogP contribution in [0.15, 0.2) is 48.5 Å². The van der Waals surface area contributed by atoms with Crippen molar-refractivity contribution in [2.45, 2.75) is 39.2 Å². The number of carbonyl (C=O) groups excluding carboxylic acids is 2. The Kier molecular flexibility index (Phi) is 5.31. The Balaban J connectivity index is 1.73. The summed E-state index contributed by atoms with van der Waals surface area (Å²) < 4.78 is 18.8. The van der Waals surface area contributed by atoms with Gasteiger partial charge in [-0.25, -0.2) is 4.79 Å². The minimum absolute atomic E-state index is 0.0816. The molecular weight excluding hydrogens is 345 g/mol. The summed E-state index contributed by atoms with van der Waals surface area (Å²) in [5, 5.41) is 2.39. The van der Waals surface area contributed by atoms with Crippen molar-refractivity contribution in [3.05, 3.63) is 59.7 Å². The standard InChI is InChI=1S/C22H24FNO3/c1-4-22(2,3)19(20(23)25)24-21(26)27-13-18-16-11-7-5-9-14(16)15-10-6-8-12-17(15)18/h5-12,18-19H,4,13H2,1-3H3,(H,24,26). The summed E-state index contributed by atoms with van der Waals surface area (Å²) in [6.07, 6.45) is -0.244. The maximum absolute atomic E-state index is 13.4. The number of hydrogen-bond acceptors (Lipinski definition) is 3. The number of amides is 1. The molecule has 4 nitrogen and oxygen atoms in total. The fourth-order valence-electron chi connectivity index (χ4n) is 3.52. The summed E-state index contributed by atoms with van der Waals surface area (Å²) >= 11 is 0. The molecule has 27 heavy (non-hydrogen) atoms. The number of halogens is 1. The fraction of sp³-hybridized carbons (Fsp3) is 0.364. The van der Waals surface area contributed by atoms with E-state index in [1.165, 1.54) is 0 Å². The highest BCUT2D eigenvalue weighted by Gasteiger charge is 2.36. The number of carbonyl (C=O) groups is 2. The lowest BCUT2D eigenvalue weighted by molar-refractivity contribution is -0.134. The van der Waals surface area contributed by atoms with Crippen molar-refractivity contribution in [2.24, 2.45) is 5.41 Å². The molecule has 0 aliphatic heterocycles. The van der Waals surface area contributed by atoms with Crippen LogP contribution in [0.25, 0.3) is 11.1 Å². The monoisotopic (exact) mass is 369 g/mol. The van der Waals surface area contributed by atoms with Crippen LogP contribution >= 0.6 is 0 Å². The molecule has 0 bridgehead atoms. The zero-order chi connectivity index (χ0) is 19.6. The average molecular weight is 369 g/mol. The minimum Gasteiger partial charge on any atom is -0.449 e. The maximum atomic E-state index is 13.4. The number of rotatable bonds is 6. The first-order valence-corrected chi connectivity index (χ1v) is 9.16. The molecule has 3 rings (SSSR count). The van der Waals surface area contributed by atoms with Crippen molar-refractivity contribution >= 4 is 12.1 Å². The molecule has 0 fully saturated rings. The molecule has 1 unspecified atom stereocenters. The Bertz CT molecular complexity index is 817. The minimum atomic E-state index is -1.56. The van der Waals surface area contributed by atoms with Crippen molar-refractivity contribution < 1.29 is 18.7 Å². The van der Waals surface area contributed by atoms with Gasteiger partial charge < -0.3 is 10.1 Å². The smallest absolute Gasteiger partial charge is 0.407 e. The average Bonchev–Trinajstić information content (AvgIpc) is 2.98. The van der Waals surface area contributed by atoms with E-state index < -0.39 is 23.6 Å². The summed E-state index contributed by atoms with van der Waals surface area (Å²) in [5.41, 5.74) is 3.76. The van der Waals surface area contributed by atoms with E-state index in [2.05, 4.69) is 17.4 Å². The Hall–Kier alpha value is -2.69. The first-order valence-electron chi connectivity index (χ1n) is 9.16. The van der Waals surface area contributed by atoms with Crippen molar-refractivity contribution in [2.75, 3.05) is 6.61 Å². The van der Waals surface area contributed by atoms with E-state index in [0.717, 1.165) is 22.3 Å². The number of nitrogens with one attached hydrogen (secondary N) is 1. The van der Waals surface area contributed by atoms with Gasteiger partial charge in [0.2, 0.25) is 0 Å². The van der Waals surface area contributed by atoms with E-state index in [9.17, 15) is 14.0 Å². The second-order valence-corrected chi connectivity index (χ2v) is 7.55. The predicted octanol–water partition coefficient (Wildman–Crippen LogP) is 4.83. The molecule has 1 amide bonds. The van der Waals surface area contributed by atoms with Gasteiger partial charge in [0, 0.05) is 5.92 Å². The lowest BCUT2D eigenvalue weighted by Crippen LogP contribution is -2.49. The third-order valence-electron chi connectivity index (χ3n) is 5.53. The number of fused-ring (bicyclic) bond motifs is 3. The van der Waals surface area contributed by atoms with Crippen LogP contribution in [0.4, 0.5) is 9.18 Å².